The first-order chi connectivity index (χ1) is 9.61. The first kappa shape index (κ1) is 15.4. The molecule has 2 heteroatoms. The molecule has 0 bridgehead atoms. The van der Waals surface area contributed by atoms with Gasteiger partial charge in [0.15, 0.2) is 0 Å². The summed E-state index contributed by atoms with van der Waals surface area (Å²) in [5, 5.41) is 3.73. The molecule has 1 aromatic rings. The van der Waals surface area contributed by atoms with Crippen LogP contribution in [-0.4, -0.2) is 12.6 Å². The van der Waals surface area contributed by atoms with Crippen molar-refractivity contribution in [2.45, 2.75) is 59.1 Å². The summed E-state index contributed by atoms with van der Waals surface area (Å²) in [6.07, 6.45) is 4.22. The van der Waals surface area contributed by atoms with Gasteiger partial charge < -0.3 is 10.1 Å². The van der Waals surface area contributed by atoms with Crippen molar-refractivity contribution in [3.63, 3.8) is 0 Å². The van der Waals surface area contributed by atoms with Crippen molar-refractivity contribution in [2.75, 3.05) is 6.54 Å². The van der Waals surface area contributed by atoms with Crippen LogP contribution in [0.3, 0.4) is 0 Å². The molecule has 1 aromatic carbocycles. The van der Waals surface area contributed by atoms with E-state index in [4.69, 9.17) is 4.74 Å². The molecule has 20 heavy (non-hydrogen) atoms. The number of rotatable bonds is 8. The van der Waals surface area contributed by atoms with Crippen molar-refractivity contribution < 1.29 is 4.74 Å². The van der Waals surface area contributed by atoms with Crippen LogP contribution in [0.25, 0.3) is 0 Å². The van der Waals surface area contributed by atoms with Crippen LogP contribution in [0, 0.1) is 11.8 Å². The van der Waals surface area contributed by atoms with Crippen LogP contribution in [0.4, 0.5) is 0 Å². The Kier molecular flexibility index (Phi) is 5.47. The predicted molar refractivity (Wildman–Crippen MR) is 85.1 cm³/mol. The molecule has 2 atom stereocenters. The minimum atomic E-state index is 0.236. The van der Waals surface area contributed by atoms with E-state index >= 15 is 0 Å². The van der Waals surface area contributed by atoms with E-state index in [0.717, 1.165) is 24.1 Å². The summed E-state index contributed by atoms with van der Waals surface area (Å²) in [6, 6.07) is 9.15. The van der Waals surface area contributed by atoms with Crippen LogP contribution in [0.2, 0.25) is 0 Å². The van der Waals surface area contributed by atoms with Crippen LogP contribution in [0.5, 0.6) is 5.75 Å². The topological polar surface area (TPSA) is 21.3 Å². The molecule has 1 fully saturated rings. The molecular formula is C18H29NO. The van der Waals surface area contributed by atoms with Gasteiger partial charge in [0.2, 0.25) is 0 Å². The largest absolute Gasteiger partial charge is 0.491 e. The molecular weight excluding hydrogens is 246 g/mol. The first-order valence-electron chi connectivity index (χ1n) is 8.11. The summed E-state index contributed by atoms with van der Waals surface area (Å²) < 4.78 is 5.73. The van der Waals surface area contributed by atoms with Crippen LogP contribution in [0.1, 0.15) is 58.6 Å². The second-order valence-electron chi connectivity index (χ2n) is 6.36. The molecule has 0 amide bonds. The summed E-state index contributed by atoms with van der Waals surface area (Å²) in [5.41, 5.74) is 1.40. The maximum absolute atomic E-state index is 5.73. The highest BCUT2D eigenvalue weighted by molar-refractivity contribution is 5.30. The van der Waals surface area contributed by atoms with Gasteiger partial charge in [-0.05, 0) is 69.2 Å². The lowest BCUT2D eigenvalue weighted by Crippen LogP contribution is -2.28. The Morgan fingerprint density at radius 1 is 1.15 bits per heavy atom. The van der Waals surface area contributed by atoms with Crippen molar-refractivity contribution in [3.05, 3.63) is 29.8 Å². The third-order valence-corrected chi connectivity index (χ3v) is 4.12. The highest BCUT2D eigenvalue weighted by atomic mass is 16.5. The van der Waals surface area contributed by atoms with E-state index in [1.807, 2.05) is 0 Å². The number of benzene rings is 1. The molecule has 0 radical (unpaired) electrons. The van der Waals surface area contributed by atoms with Gasteiger partial charge in [0.1, 0.15) is 5.75 Å². The fraction of sp³-hybridized carbons (Fsp3) is 0.667. The van der Waals surface area contributed by atoms with Gasteiger partial charge in [0.05, 0.1) is 6.10 Å². The Balaban J connectivity index is 2.06. The quantitative estimate of drug-likeness (QED) is 0.751. The SMILES string of the molecule is CCCNC(c1ccc(OC(C)C)cc1)C(C)C1CC1. The Bertz CT molecular complexity index is 394. The van der Waals surface area contributed by atoms with Gasteiger partial charge in [-0.1, -0.05) is 26.0 Å². The number of ether oxygens (including phenoxy) is 1. The highest BCUT2D eigenvalue weighted by Crippen LogP contribution is 2.42. The van der Waals surface area contributed by atoms with E-state index in [2.05, 4.69) is 57.3 Å². The Morgan fingerprint density at radius 3 is 2.30 bits per heavy atom. The van der Waals surface area contributed by atoms with Gasteiger partial charge in [0.25, 0.3) is 0 Å². The molecule has 2 rings (SSSR count). The smallest absolute Gasteiger partial charge is 0.119 e. The Labute approximate surface area is 123 Å². The van der Waals surface area contributed by atoms with E-state index in [0.29, 0.717) is 6.04 Å². The zero-order valence-electron chi connectivity index (χ0n) is 13.4. The summed E-state index contributed by atoms with van der Waals surface area (Å²) in [4.78, 5) is 0. The molecule has 1 aliphatic rings. The van der Waals surface area contributed by atoms with Gasteiger partial charge in [-0.15, -0.1) is 0 Å². The maximum atomic E-state index is 5.73. The second kappa shape index (κ2) is 7.12. The number of nitrogens with one attached hydrogen (secondary N) is 1. The van der Waals surface area contributed by atoms with Gasteiger partial charge >= 0.3 is 0 Å². The minimum Gasteiger partial charge on any atom is -0.491 e. The van der Waals surface area contributed by atoms with Crippen LogP contribution in [-0.2, 0) is 0 Å². The van der Waals surface area contributed by atoms with E-state index in [9.17, 15) is 0 Å². The van der Waals surface area contributed by atoms with Gasteiger partial charge in [-0.2, -0.15) is 0 Å². The molecule has 1 N–H and O–H groups in total. The van der Waals surface area contributed by atoms with E-state index < -0.39 is 0 Å². The fourth-order valence-corrected chi connectivity index (χ4v) is 2.83. The molecule has 112 valence electrons. The third kappa shape index (κ3) is 4.24. The molecule has 0 spiro atoms. The van der Waals surface area contributed by atoms with E-state index in [1.54, 1.807) is 0 Å². The number of hydrogen-bond donors (Lipinski definition) is 1. The van der Waals surface area contributed by atoms with Crippen molar-refractivity contribution in [1.82, 2.24) is 5.32 Å². The predicted octanol–water partition coefficient (Wildman–Crippen LogP) is 4.56. The molecule has 1 aliphatic carbocycles. The maximum Gasteiger partial charge on any atom is 0.119 e. The normalized spacial score (nSPS) is 18.1. The lowest BCUT2D eigenvalue weighted by atomic mass is 9.90. The fourth-order valence-electron chi connectivity index (χ4n) is 2.83. The van der Waals surface area contributed by atoms with Crippen molar-refractivity contribution in [3.8, 4) is 5.75 Å². The average Bonchev–Trinajstić information content (AvgIpc) is 3.24. The third-order valence-electron chi connectivity index (χ3n) is 4.12. The number of hydrogen-bond acceptors (Lipinski definition) is 2. The van der Waals surface area contributed by atoms with Gasteiger partial charge in [0, 0.05) is 6.04 Å². The molecule has 2 unspecified atom stereocenters. The van der Waals surface area contributed by atoms with Crippen molar-refractivity contribution in [2.24, 2.45) is 11.8 Å². The monoisotopic (exact) mass is 275 g/mol. The summed E-state index contributed by atoms with van der Waals surface area (Å²) in [5.74, 6) is 2.60. The van der Waals surface area contributed by atoms with Gasteiger partial charge in [-0.25, -0.2) is 0 Å². The second-order valence-corrected chi connectivity index (χ2v) is 6.36. The van der Waals surface area contributed by atoms with Crippen LogP contribution < -0.4 is 10.1 Å². The summed E-state index contributed by atoms with van der Waals surface area (Å²) >= 11 is 0. The van der Waals surface area contributed by atoms with Gasteiger partial charge in [-0.3, -0.25) is 0 Å². The van der Waals surface area contributed by atoms with Crippen molar-refractivity contribution in [1.29, 1.82) is 0 Å². The van der Waals surface area contributed by atoms with Crippen LogP contribution >= 0.6 is 0 Å². The zero-order chi connectivity index (χ0) is 14.5. The van der Waals surface area contributed by atoms with Crippen molar-refractivity contribution >= 4 is 0 Å². The standard InChI is InChI=1S/C18H29NO/c1-5-12-19-18(14(4)15-6-7-15)16-8-10-17(11-9-16)20-13(2)3/h8-11,13-15,18-19H,5-7,12H2,1-4H3. The molecule has 0 heterocycles. The summed E-state index contributed by atoms with van der Waals surface area (Å²) in [7, 11) is 0. The van der Waals surface area contributed by atoms with E-state index in [1.165, 1.54) is 24.8 Å². The zero-order valence-corrected chi connectivity index (χ0v) is 13.4. The average molecular weight is 275 g/mol. The van der Waals surface area contributed by atoms with E-state index in [-0.39, 0.29) is 6.10 Å². The molecule has 0 aliphatic heterocycles. The Hall–Kier alpha value is -1.02. The molecule has 0 saturated heterocycles. The minimum absolute atomic E-state index is 0.236. The Morgan fingerprint density at radius 2 is 1.80 bits per heavy atom. The molecule has 0 aromatic heterocycles. The first-order valence-corrected chi connectivity index (χ1v) is 8.11. The summed E-state index contributed by atoms with van der Waals surface area (Å²) in [6.45, 7) is 9.84. The van der Waals surface area contributed by atoms with Crippen LogP contribution in [0.15, 0.2) is 24.3 Å². The lowest BCUT2D eigenvalue weighted by Gasteiger charge is -2.26. The lowest BCUT2D eigenvalue weighted by molar-refractivity contribution is 0.242. The molecule has 1 saturated carbocycles. The highest BCUT2D eigenvalue weighted by Gasteiger charge is 2.33. The molecule has 2 nitrogen and oxygen atoms in total.